The number of hydrazine groups is 1. The number of ether oxygens (including phenoxy) is 2. The van der Waals surface area contributed by atoms with E-state index in [0.717, 1.165) is 10.4 Å². The normalized spacial score (nSPS) is 18.5. The van der Waals surface area contributed by atoms with E-state index in [4.69, 9.17) is 9.47 Å². The Morgan fingerprint density at radius 2 is 1.21 bits per heavy atom. The predicted octanol–water partition coefficient (Wildman–Crippen LogP) is 1.32. The summed E-state index contributed by atoms with van der Waals surface area (Å²) in [6.07, 6.45) is 0. The third-order valence-electron chi connectivity index (χ3n) is 6.18. The first-order valence-electron chi connectivity index (χ1n) is 11.3. The number of rotatable bonds is 4. The van der Waals surface area contributed by atoms with Crippen LogP contribution in [0.1, 0.15) is 20.7 Å². The summed E-state index contributed by atoms with van der Waals surface area (Å²) in [5.41, 5.74) is 3.79. The molecule has 0 unspecified atom stereocenters. The quantitative estimate of drug-likeness (QED) is 0.571. The highest BCUT2D eigenvalue weighted by Crippen LogP contribution is 2.30. The molecule has 2 amide bonds. The second-order valence-electron chi connectivity index (χ2n) is 8.22. The topological polar surface area (TPSA) is 113 Å². The Kier molecular flexibility index (Phi) is 5.19. The van der Waals surface area contributed by atoms with Gasteiger partial charge in [0.1, 0.15) is 0 Å². The standard InChI is InChI=1S/C23H23N7O4/c31-19-16-5-1-3-15-4-2-6-17(18(15)16)20(32)30(19)27-21-24-22(28-7-11-33-12-8-28)26-23(25-21)29-9-13-34-14-10-29/h1-6H,7-14H2,(H,24,25,26,27). The fraction of sp³-hybridized carbons (Fsp3) is 0.348. The van der Waals surface area contributed by atoms with Gasteiger partial charge in [-0.3, -0.25) is 15.0 Å². The Morgan fingerprint density at radius 3 is 1.71 bits per heavy atom. The van der Waals surface area contributed by atoms with E-state index < -0.39 is 11.8 Å². The molecule has 34 heavy (non-hydrogen) atoms. The number of aromatic nitrogens is 3. The molecule has 174 valence electrons. The summed E-state index contributed by atoms with van der Waals surface area (Å²) in [5.74, 6) is 0.181. The van der Waals surface area contributed by atoms with Crippen LogP contribution in [0.2, 0.25) is 0 Å². The molecule has 2 saturated heterocycles. The zero-order valence-corrected chi connectivity index (χ0v) is 18.4. The lowest BCUT2D eigenvalue weighted by Crippen LogP contribution is -2.45. The third-order valence-corrected chi connectivity index (χ3v) is 6.18. The molecule has 2 fully saturated rings. The van der Waals surface area contributed by atoms with Gasteiger partial charge in [0.05, 0.1) is 37.6 Å². The molecule has 0 radical (unpaired) electrons. The van der Waals surface area contributed by atoms with Crippen molar-refractivity contribution < 1.29 is 19.1 Å². The molecule has 0 bridgehead atoms. The molecule has 0 atom stereocenters. The van der Waals surface area contributed by atoms with E-state index in [1.54, 1.807) is 12.1 Å². The van der Waals surface area contributed by atoms with Crippen LogP contribution < -0.4 is 15.2 Å². The second-order valence-corrected chi connectivity index (χ2v) is 8.22. The number of benzene rings is 2. The van der Waals surface area contributed by atoms with Crippen molar-refractivity contribution in [1.82, 2.24) is 20.0 Å². The van der Waals surface area contributed by atoms with Crippen LogP contribution in [0.4, 0.5) is 17.8 Å². The first kappa shape index (κ1) is 20.8. The van der Waals surface area contributed by atoms with Crippen LogP contribution >= 0.6 is 0 Å². The molecule has 6 rings (SSSR count). The van der Waals surface area contributed by atoms with Crippen molar-refractivity contribution in [1.29, 1.82) is 0 Å². The van der Waals surface area contributed by atoms with E-state index in [2.05, 4.69) is 20.4 Å². The van der Waals surface area contributed by atoms with Gasteiger partial charge in [-0.15, -0.1) is 0 Å². The average molecular weight is 461 g/mol. The fourth-order valence-corrected chi connectivity index (χ4v) is 4.45. The molecule has 11 nitrogen and oxygen atoms in total. The van der Waals surface area contributed by atoms with Gasteiger partial charge in [0, 0.05) is 31.6 Å². The summed E-state index contributed by atoms with van der Waals surface area (Å²) in [7, 11) is 0. The molecule has 0 aliphatic carbocycles. The van der Waals surface area contributed by atoms with Crippen molar-refractivity contribution >= 4 is 40.4 Å². The van der Waals surface area contributed by atoms with Crippen LogP contribution in [-0.4, -0.2) is 84.4 Å². The maximum absolute atomic E-state index is 13.3. The molecule has 3 aromatic rings. The van der Waals surface area contributed by atoms with Gasteiger partial charge in [0.15, 0.2) is 0 Å². The van der Waals surface area contributed by atoms with Crippen molar-refractivity contribution in [2.75, 3.05) is 67.8 Å². The zero-order valence-electron chi connectivity index (χ0n) is 18.4. The summed E-state index contributed by atoms with van der Waals surface area (Å²) in [6.45, 7) is 4.87. The summed E-state index contributed by atoms with van der Waals surface area (Å²) in [5, 5.41) is 2.50. The highest BCUT2D eigenvalue weighted by atomic mass is 16.5. The van der Waals surface area contributed by atoms with Gasteiger partial charge in [-0.1, -0.05) is 24.3 Å². The van der Waals surface area contributed by atoms with E-state index in [9.17, 15) is 9.59 Å². The van der Waals surface area contributed by atoms with Gasteiger partial charge in [0.25, 0.3) is 11.8 Å². The Bertz CT molecular complexity index is 1180. The molecule has 1 aromatic heterocycles. The number of hydrogen-bond donors (Lipinski definition) is 1. The van der Waals surface area contributed by atoms with E-state index in [0.29, 0.717) is 81.0 Å². The van der Waals surface area contributed by atoms with Crippen LogP contribution in [0.3, 0.4) is 0 Å². The Hall–Kier alpha value is -3.83. The van der Waals surface area contributed by atoms with Crippen LogP contribution in [0, 0.1) is 0 Å². The van der Waals surface area contributed by atoms with E-state index in [-0.39, 0.29) is 5.95 Å². The SMILES string of the molecule is O=C1c2cccc3cccc(c23)C(=O)N1Nc1nc(N2CCOCC2)nc(N2CCOCC2)n1. The molecular formula is C23H23N7O4. The van der Waals surface area contributed by atoms with Crippen molar-refractivity contribution in [3.63, 3.8) is 0 Å². The molecule has 4 heterocycles. The van der Waals surface area contributed by atoms with E-state index in [1.807, 2.05) is 34.1 Å². The molecule has 0 saturated carbocycles. The zero-order chi connectivity index (χ0) is 23.1. The summed E-state index contributed by atoms with van der Waals surface area (Å²) in [4.78, 5) is 44.4. The maximum atomic E-state index is 13.3. The van der Waals surface area contributed by atoms with Gasteiger partial charge in [-0.05, 0) is 17.5 Å². The summed E-state index contributed by atoms with van der Waals surface area (Å²) < 4.78 is 10.9. The lowest BCUT2D eigenvalue weighted by molar-refractivity contribution is 0.0647. The van der Waals surface area contributed by atoms with Gasteiger partial charge >= 0.3 is 0 Å². The van der Waals surface area contributed by atoms with Gasteiger partial charge in [0.2, 0.25) is 17.8 Å². The molecule has 1 N–H and O–H groups in total. The van der Waals surface area contributed by atoms with Crippen LogP contribution in [0.5, 0.6) is 0 Å². The minimum Gasteiger partial charge on any atom is -0.378 e. The summed E-state index contributed by atoms with van der Waals surface area (Å²) >= 11 is 0. The molecule has 3 aliphatic heterocycles. The molecule has 3 aliphatic rings. The number of anilines is 3. The average Bonchev–Trinajstić information content (AvgIpc) is 2.90. The molecule has 11 heteroatoms. The van der Waals surface area contributed by atoms with Gasteiger partial charge in [-0.25, -0.2) is 0 Å². The highest BCUT2D eigenvalue weighted by Gasteiger charge is 2.34. The largest absolute Gasteiger partial charge is 0.378 e. The van der Waals surface area contributed by atoms with Crippen molar-refractivity contribution in [3.05, 3.63) is 47.5 Å². The number of nitrogens with zero attached hydrogens (tertiary/aromatic N) is 6. The molecular weight excluding hydrogens is 438 g/mol. The molecule has 2 aromatic carbocycles. The number of morpholine rings is 2. The molecule has 0 spiro atoms. The van der Waals surface area contributed by atoms with E-state index in [1.165, 1.54) is 0 Å². The number of carbonyl (C=O) groups is 2. The maximum Gasteiger partial charge on any atom is 0.280 e. The number of carbonyl (C=O) groups excluding carboxylic acids is 2. The lowest BCUT2D eigenvalue weighted by atomic mass is 9.95. The number of amides is 2. The van der Waals surface area contributed by atoms with Crippen LogP contribution in [0.25, 0.3) is 10.8 Å². The van der Waals surface area contributed by atoms with Gasteiger partial charge in [-0.2, -0.15) is 20.0 Å². The van der Waals surface area contributed by atoms with Crippen molar-refractivity contribution in [3.8, 4) is 0 Å². The van der Waals surface area contributed by atoms with Crippen molar-refractivity contribution in [2.24, 2.45) is 0 Å². The Balaban J connectivity index is 1.37. The van der Waals surface area contributed by atoms with Crippen LogP contribution in [-0.2, 0) is 9.47 Å². The smallest absolute Gasteiger partial charge is 0.280 e. The van der Waals surface area contributed by atoms with Crippen LogP contribution in [0.15, 0.2) is 36.4 Å². The minimum absolute atomic E-state index is 0.131. The Morgan fingerprint density at radius 1 is 0.706 bits per heavy atom. The third kappa shape index (κ3) is 3.58. The monoisotopic (exact) mass is 461 g/mol. The number of nitrogens with one attached hydrogen (secondary N) is 1. The lowest BCUT2D eigenvalue weighted by Gasteiger charge is -2.31. The van der Waals surface area contributed by atoms with Gasteiger partial charge < -0.3 is 19.3 Å². The number of hydrogen-bond acceptors (Lipinski definition) is 10. The summed E-state index contributed by atoms with van der Waals surface area (Å²) in [6, 6.07) is 10.8. The highest BCUT2D eigenvalue weighted by molar-refractivity contribution is 6.25. The fourth-order valence-electron chi connectivity index (χ4n) is 4.45. The predicted molar refractivity (Wildman–Crippen MR) is 124 cm³/mol. The Labute approximate surface area is 195 Å². The minimum atomic E-state index is -0.449. The number of imide groups is 1. The second kappa shape index (κ2) is 8.50. The first-order valence-corrected chi connectivity index (χ1v) is 11.3. The first-order chi connectivity index (χ1) is 16.7. The van der Waals surface area contributed by atoms with Crippen molar-refractivity contribution in [2.45, 2.75) is 0 Å². The van der Waals surface area contributed by atoms with E-state index >= 15 is 0 Å².